The molecule has 3 rings (SSSR count). The summed E-state index contributed by atoms with van der Waals surface area (Å²) < 4.78 is 5.32. The van der Waals surface area contributed by atoms with Crippen LogP contribution in [0.4, 0.5) is 11.4 Å². The molecule has 0 radical (unpaired) electrons. The Bertz CT molecular complexity index is 891. The predicted octanol–water partition coefficient (Wildman–Crippen LogP) is 2.06. The zero-order valence-corrected chi connectivity index (χ0v) is 15.0. The van der Waals surface area contributed by atoms with Gasteiger partial charge in [0.15, 0.2) is 0 Å². The summed E-state index contributed by atoms with van der Waals surface area (Å²) in [6, 6.07) is 10.4. The summed E-state index contributed by atoms with van der Waals surface area (Å²) in [5, 5.41) is 22.8. The largest absolute Gasteiger partial charge is 0.478 e. The van der Waals surface area contributed by atoms with E-state index in [1.54, 1.807) is 18.2 Å². The van der Waals surface area contributed by atoms with E-state index in [1.165, 1.54) is 24.3 Å². The van der Waals surface area contributed by atoms with Crippen LogP contribution in [0.3, 0.4) is 0 Å². The maximum Gasteiger partial charge on any atom is 0.335 e. The summed E-state index contributed by atoms with van der Waals surface area (Å²) >= 11 is 0. The Morgan fingerprint density at radius 2 is 1.82 bits per heavy atom. The number of aromatic carboxylic acids is 1. The fraction of sp³-hybridized carbons (Fsp3) is 0.263. The number of hydrogen-bond donors (Lipinski definition) is 2. The van der Waals surface area contributed by atoms with Crippen LogP contribution < -0.4 is 10.2 Å². The molecule has 1 heterocycles. The highest BCUT2D eigenvalue weighted by Gasteiger charge is 2.22. The molecule has 0 aromatic heterocycles. The maximum atomic E-state index is 12.7. The molecule has 2 N–H and O–H groups in total. The van der Waals surface area contributed by atoms with Gasteiger partial charge in [-0.15, -0.1) is 0 Å². The topological polar surface area (TPSA) is 122 Å². The number of hydrogen-bond acceptors (Lipinski definition) is 6. The molecular formula is C19H19N3O6. The van der Waals surface area contributed by atoms with Gasteiger partial charge in [0.05, 0.1) is 35.0 Å². The summed E-state index contributed by atoms with van der Waals surface area (Å²) in [5.74, 6) is -1.46. The number of carboxylic acid groups (broad SMARTS) is 1. The molecule has 1 fully saturated rings. The lowest BCUT2D eigenvalue weighted by Crippen LogP contribution is -2.38. The van der Waals surface area contributed by atoms with Gasteiger partial charge >= 0.3 is 5.97 Å². The monoisotopic (exact) mass is 385 g/mol. The lowest BCUT2D eigenvalue weighted by Gasteiger charge is -2.30. The van der Waals surface area contributed by atoms with Crippen LogP contribution in [-0.4, -0.2) is 48.2 Å². The third-order valence-electron chi connectivity index (χ3n) is 4.44. The van der Waals surface area contributed by atoms with Crippen molar-refractivity contribution in [2.75, 3.05) is 31.2 Å². The Labute approximate surface area is 160 Å². The van der Waals surface area contributed by atoms with Crippen molar-refractivity contribution >= 4 is 23.3 Å². The number of carbonyl (C=O) groups excluding carboxylic acids is 1. The normalized spacial score (nSPS) is 13.8. The molecule has 0 aliphatic carbocycles. The lowest BCUT2D eigenvalue weighted by molar-refractivity contribution is -0.384. The Hall–Kier alpha value is -3.46. The number of nitrogens with one attached hydrogen (secondary N) is 1. The van der Waals surface area contributed by atoms with Crippen molar-refractivity contribution in [1.82, 2.24) is 5.32 Å². The molecule has 1 aliphatic rings. The summed E-state index contributed by atoms with van der Waals surface area (Å²) in [4.78, 5) is 36.2. The van der Waals surface area contributed by atoms with Gasteiger partial charge in [-0.3, -0.25) is 14.9 Å². The third-order valence-corrected chi connectivity index (χ3v) is 4.44. The molecule has 28 heavy (non-hydrogen) atoms. The fourth-order valence-corrected chi connectivity index (χ4v) is 2.94. The van der Waals surface area contributed by atoms with Gasteiger partial charge < -0.3 is 20.1 Å². The van der Waals surface area contributed by atoms with Gasteiger partial charge in [-0.05, 0) is 23.8 Å². The van der Waals surface area contributed by atoms with Gasteiger partial charge in [0.1, 0.15) is 0 Å². The zero-order chi connectivity index (χ0) is 20.1. The average molecular weight is 385 g/mol. The molecule has 0 spiro atoms. The highest BCUT2D eigenvalue weighted by atomic mass is 16.6. The number of rotatable bonds is 6. The third kappa shape index (κ3) is 4.44. The maximum absolute atomic E-state index is 12.7. The van der Waals surface area contributed by atoms with Crippen molar-refractivity contribution in [2.24, 2.45) is 0 Å². The molecule has 1 saturated heterocycles. The van der Waals surface area contributed by atoms with Crippen molar-refractivity contribution in [1.29, 1.82) is 0 Å². The van der Waals surface area contributed by atoms with Gasteiger partial charge in [0, 0.05) is 31.8 Å². The van der Waals surface area contributed by atoms with Crippen LogP contribution in [0, 0.1) is 10.1 Å². The van der Waals surface area contributed by atoms with Gasteiger partial charge in [0.2, 0.25) is 0 Å². The number of nitro groups is 1. The van der Waals surface area contributed by atoms with E-state index in [9.17, 15) is 19.7 Å². The Morgan fingerprint density at radius 3 is 2.43 bits per heavy atom. The van der Waals surface area contributed by atoms with Crippen LogP contribution in [0.25, 0.3) is 0 Å². The summed E-state index contributed by atoms with van der Waals surface area (Å²) in [6.45, 7) is 2.40. The molecule has 146 valence electrons. The molecule has 0 bridgehead atoms. The second kappa shape index (κ2) is 8.49. The smallest absolute Gasteiger partial charge is 0.335 e. The molecule has 0 unspecified atom stereocenters. The first-order valence-corrected chi connectivity index (χ1v) is 8.67. The molecular weight excluding hydrogens is 366 g/mol. The summed E-state index contributed by atoms with van der Waals surface area (Å²) in [7, 11) is 0. The van der Waals surface area contributed by atoms with Crippen LogP contribution in [0.2, 0.25) is 0 Å². The van der Waals surface area contributed by atoms with Gasteiger partial charge in [-0.1, -0.05) is 12.1 Å². The second-order valence-corrected chi connectivity index (χ2v) is 6.24. The number of ether oxygens (including phenoxy) is 1. The van der Waals surface area contributed by atoms with E-state index in [2.05, 4.69) is 5.32 Å². The van der Waals surface area contributed by atoms with Crippen LogP contribution in [0.1, 0.15) is 26.3 Å². The number of amides is 1. The molecule has 2 aromatic rings. The molecule has 9 nitrogen and oxygen atoms in total. The summed E-state index contributed by atoms with van der Waals surface area (Å²) in [6.07, 6.45) is 0. The van der Waals surface area contributed by atoms with Crippen molar-refractivity contribution < 1.29 is 24.4 Å². The first-order valence-electron chi connectivity index (χ1n) is 8.67. The van der Waals surface area contributed by atoms with E-state index < -0.39 is 16.8 Å². The highest BCUT2D eigenvalue weighted by molar-refractivity contribution is 6.00. The number of carboxylic acids is 1. The molecule has 1 amide bonds. The lowest BCUT2D eigenvalue weighted by atomic mass is 10.1. The van der Waals surface area contributed by atoms with Crippen molar-refractivity contribution in [2.45, 2.75) is 6.54 Å². The molecule has 9 heteroatoms. The average Bonchev–Trinajstić information content (AvgIpc) is 2.72. The second-order valence-electron chi connectivity index (χ2n) is 6.24. The quantitative estimate of drug-likeness (QED) is 0.576. The number of non-ortho nitro benzene ring substituents is 1. The van der Waals surface area contributed by atoms with E-state index >= 15 is 0 Å². The first-order chi connectivity index (χ1) is 13.5. The fourth-order valence-electron chi connectivity index (χ4n) is 2.94. The van der Waals surface area contributed by atoms with Gasteiger partial charge in [-0.2, -0.15) is 0 Å². The van der Waals surface area contributed by atoms with E-state index in [-0.39, 0.29) is 23.4 Å². The van der Waals surface area contributed by atoms with E-state index in [0.717, 1.165) is 5.56 Å². The number of anilines is 1. The Balaban J connectivity index is 1.79. The molecule has 0 atom stereocenters. The zero-order valence-electron chi connectivity index (χ0n) is 15.0. The number of nitro benzene ring substituents is 1. The van der Waals surface area contributed by atoms with E-state index in [1.807, 2.05) is 4.90 Å². The molecule has 1 aliphatic heterocycles. The van der Waals surface area contributed by atoms with Crippen molar-refractivity contribution in [3.05, 3.63) is 69.3 Å². The van der Waals surface area contributed by atoms with E-state index in [4.69, 9.17) is 9.84 Å². The number of benzene rings is 2. The summed E-state index contributed by atoms with van der Waals surface area (Å²) in [5.41, 5.74) is 1.55. The predicted molar refractivity (Wildman–Crippen MR) is 101 cm³/mol. The standard InChI is InChI=1S/C19H19N3O6/c23-18(20-12-13-1-3-14(4-2-13)19(24)25)16-11-15(22(26)27)5-6-17(16)21-7-9-28-10-8-21/h1-6,11H,7-10,12H2,(H,20,23)(H,24,25). The van der Waals surface area contributed by atoms with Crippen molar-refractivity contribution in [3.63, 3.8) is 0 Å². The number of carbonyl (C=O) groups is 2. The first kappa shape index (κ1) is 19.3. The minimum Gasteiger partial charge on any atom is -0.478 e. The highest BCUT2D eigenvalue weighted by Crippen LogP contribution is 2.26. The van der Waals surface area contributed by atoms with E-state index in [0.29, 0.717) is 32.0 Å². The minimum absolute atomic E-state index is 0.156. The minimum atomic E-state index is -1.03. The van der Waals surface area contributed by atoms with Crippen LogP contribution in [-0.2, 0) is 11.3 Å². The Morgan fingerprint density at radius 1 is 1.14 bits per heavy atom. The Kier molecular flexibility index (Phi) is 5.85. The number of nitrogens with zero attached hydrogens (tertiary/aromatic N) is 2. The molecule has 2 aromatic carbocycles. The molecule has 0 saturated carbocycles. The van der Waals surface area contributed by atoms with Crippen LogP contribution in [0.5, 0.6) is 0 Å². The number of morpholine rings is 1. The van der Waals surface area contributed by atoms with Crippen LogP contribution in [0.15, 0.2) is 42.5 Å². The van der Waals surface area contributed by atoms with Gasteiger partial charge in [-0.25, -0.2) is 4.79 Å². The van der Waals surface area contributed by atoms with Crippen molar-refractivity contribution in [3.8, 4) is 0 Å². The van der Waals surface area contributed by atoms with Gasteiger partial charge in [0.25, 0.3) is 11.6 Å². The van der Waals surface area contributed by atoms with Crippen LogP contribution >= 0.6 is 0 Å². The SMILES string of the molecule is O=C(O)c1ccc(CNC(=O)c2cc([N+](=O)[O-])ccc2N2CCOCC2)cc1.